The Bertz CT molecular complexity index is 757. The first-order valence-electron chi connectivity index (χ1n) is 5.99. The maximum Gasteiger partial charge on any atom is 0.262 e. The highest BCUT2D eigenvalue weighted by Gasteiger charge is 2.17. The van der Waals surface area contributed by atoms with Crippen LogP contribution in [0, 0.1) is 6.92 Å². The van der Waals surface area contributed by atoms with Crippen LogP contribution in [0.25, 0.3) is 0 Å². The van der Waals surface area contributed by atoms with E-state index >= 15 is 0 Å². The molecule has 0 unspecified atom stereocenters. The second-order valence-electron chi connectivity index (χ2n) is 4.40. The average Bonchev–Trinajstić information content (AvgIpc) is 2.42. The van der Waals surface area contributed by atoms with E-state index in [-0.39, 0.29) is 10.6 Å². The van der Waals surface area contributed by atoms with Gasteiger partial charge >= 0.3 is 0 Å². The van der Waals surface area contributed by atoms with Gasteiger partial charge in [-0.2, -0.15) is 0 Å². The molecule has 0 saturated carbocycles. The average molecular weight is 328 g/mol. The van der Waals surface area contributed by atoms with Gasteiger partial charge in [0, 0.05) is 11.1 Å². The molecule has 0 bridgehead atoms. The normalized spacial score (nSPS) is 11.2. The van der Waals surface area contributed by atoms with Gasteiger partial charge < -0.3 is 9.84 Å². The van der Waals surface area contributed by atoms with Crippen LogP contribution in [0.5, 0.6) is 11.5 Å². The summed E-state index contributed by atoms with van der Waals surface area (Å²) in [7, 11) is -2.35. The molecular weight excluding hydrogens is 314 g/mol. The van der Waals surface area contributed by atoms with Gasteiger partial charge in [0.25, 0.3) is 10.0 Å². The van der Waals surface area contributed by atoms with E-state index in [0.29, 0.717) is 16.5 Å². The van der Waals surface area contributed by atoms with Gasteiger partial charge in [-0.25, -0.2) is 8.42 Å². The van der Waals surface area contributed by atoms with Crippen molar-refractivity contribution in [2.24, 2.45) is 0 Å². The summed E-state index contributed by atoms with van der Waals surface area (Å²) in [6, 6.07) is 8.38. The number of aryl methyl sites for hydroxylation is 1. The maximum atomic E-state index is 12.3. The predicted octanol–water partition coefficient (Wildman–Crippen LogP) is 3.16. The topological polar surface area (TPSA) is 75.6 Å². The zero-order valence-corrected chi connectivity index (χ0v) is 13.0. The SMILES string of the molecule is COc1cc(Cl)c(C)cc1NS(=O)(=O)c1ccc(O)cc1. The van der Waals surface area contributed by atoms with Gasteiger partial charge in [0.2, 0.25) is 0 Å². The summed E-state index contributed by atoms with van der Waals surface area (Å²) in [6.45, 7) is 1.76. The van der Waals surface area contributed by atoms with Crippen molar-refractivity contribution in [3.63, 3.8) is 0 Å². The Balaban J connectivity index is 2.41. The molecular formula is C14H14ClNO4S. The van der Waals surface area contributed by atoms with E-state index in [4.69, 9.17) is 16.3 Å². The predicted molar refractivity (Wildman–Crippen MR) is 81.7 cm³/mol. The van der Waals surface area contributed by atoms with E-state index in [2.05, 4.69) is 4.72 Å². The number of rotatable bonds is 4. The quantitative estimate of drug-likeness (QED) is 0.904. The molecule has 0 atom stereocenters. The highest BCUT2D eigenvalue weighted by Crippen LogP contribution is 2.32. The zero-order valence-electron chi connectivity index (χ0n) is 11.4. The third-order valence-corrected chi connectivity index (χ3v) is 4.66. The number of nitrogens with one attached hydrogen (secondary N) is 1. The zero-order chi connectivity index (χ0) is 15.6. The van der Waals surface area contributed by atoms with E-state index in [1.165, 1.54) is 31.4 Å². The van der Waals surface area contributed by atoms with Crippen molar-refractivity contribution in [3.05, 3.63) is 47.0 Å². The van der Waals surface area contributed by atoms with Crippen molar-refractivity contribution in [1.82, 2.24) is 0 Å². The summed E-state index contributed by atoms with van der Waals surface area (Å²) >= 11 is 5.99. The van der Waals surface area contributed by atoms with Gasteiger partial charge in [-0.3, -0.25) is 4.72 Å². The molecule has 2 N–H and O–H groups in total. The van der Waals surface area contributed by atoms with Gasteiger partial charge in [-0.1, -0.05) is 11.6 Å². The lowest BCUT2D eigenvalue weighted by atomic mass is 10.2. The van der Waals surface area contributed by atoms with E-state index in [1.807, 2.05) is 0 Å². The fourth-order valence-corrected chi connectivity index (χ4v) is 2.96. The van der Waals surface area contributed by atoms with Crippen LogP contribution < -0.4 is 9.46 Å². The number of aromatic hydroxyl groups is 1. The number of ether oxygens (including phenoxy) is 1. The van der Waals surface area contributed by atoms with Crippen LogP contribution in [-0.4, -0.2) is 20.6 Å². The number of methoxy groups -OCH3 is 1. The van der Waals surface area contributed by atoms with Gasteiger partial charge in [0.1, 0.15) is 11.5 Å². The molecule has 2 aromatic rings. The molecule has 2 aromatic carbocycles. The van der Waals surface area contributed by atoms with E-state index in [0.717, 1.165) is 5.56 Å². The second-order valence-corrected chi connectivity index (χ2v) is 6.49. The molecule has 0 amide bonds. The number of hydrogen-bond acceptors (Lipinski definition) is 4. The van der Waals surface area contributed by atoms with Crippen LogP contribution >= 0.6 is 11.6 Å². The highest BCUT2D eigenvalue weighted by molar-refractivity contribution is 7.92. The number of phenolic OH excluding ortho intramolecular Hbond substituents is 1. The number of phenols is 1. The van der Waals surface area contributed by atoms with Gasteiger partial charge in [-0.05, 0) is 42.8 Å². The molecule has 0 spiro atoms. The summed E-state index contributed by atoms with van der Waals surface area (Å²) in [5.74, 6) is 0.321. The number of benzene rings is 2. The van der Waals surface area contributed by atoms with E-state index < -0.39 is 10.0 Å². The largest absolute Gasteiger partial charge is 0.508 e. The molecule has 7 heteroatoms. The molecule has 0 radical (unpaired) electrons. The number of hydrogen-bond donors (Lipinski definition) is 2. The summed E-state index contributed by atoms with van der Waals surface area (Å²) in [5, 5.41) is 9.70. The third-order valence-electron chi connectivity index (χ3n) is 2.87. The summed E-state index contributed by atoms with van der Waals surface area (Å²) in [4.78, 5) is 0.0370. The Hall–Kier alpha value is -1.92. The molecule has 0 aliphatic heterocycles. The fraction of sp³-hybridized carbons (Fsp3) is 0.143. The first-order valence-corrected chi connectivity index (χ1v) is 7.85. The Labute approximate surface area is 128 Å². The number of anilines is 1. The fourth-order valence-electron chi connectivity index (χ4n) is 1.74. The minimum absolute atomic E-state index is 0.00568. The summed E-state index contributed by atoms with van der Waals surface area (Å²) < 4.78 is 32.2. The minimum Gasteiger partial charge on any atom is -0.508 e. The van der Waals surface area contributed by atoms with E-state index in [9.17, 15) is 13.5 Å². The lowest BCUT2D eigenvalue weighted by Gasteiger charge is -2.13. The number of halogens is 1. The Morgan fingerprint density at radius 3 is 2.38 bits per heavy atom. The molecule has 5 nitrogen and oxygen atoms in total. The van der Waals surface area contributed by atoms with Gasteiger partial charge in [0.05, 0.1) is 17.7 Å². The Morgan fingerprint density at radius 2 is 1.81 bits per heavy atom. The second kappa shape index (κ2) is 5.83. The molecule has 0 saturated heterocycles. The monoisotopic (exact) mass is 327 g/mol. The first-order chi connectivity index (χ1) is 9.83. The third kappa shape index (κ3) is 3.40. The molecule has 2 rings (SSSR count). The molecule has 0 aromatic heterocycles. The smallest absolute Gasteiger partial charge is 0.262 e. The minimum atomic E-state index is -3.78. The van der Waals surface area contributed by atoms with Crippen LogP contribution in [0.3, 0.4) is 0 Å². The van der Waals surface area contributed by atoms with Crippen molar-refractivity contribution in [1.29, 1.82) is 0 Å². The van der Waals surface area contributed by atoms with E-state index in [1.54, 1.807) is 19.1 Å². The first kappa shape index (κ1) is 15.5. The highest BCUT2D eigenvalue weighted by atomic mass is 35.5. The molecule has 0 aliphatic carbocycles. The van der Waals surface area contributed by atoms with Crippen LogP contribution in [-0.2, 0) is 10.0 Å². The molecule has 21 heavy (non-hydrogen) atoms. The standard InChI is InChI=1S/C14H14ClNO4S/c1-9-7-13(14(20-2)8-12(9)15)16-21(18,19)11-5-3-10(17)4-6-11/h3-8,16-17H,1-2H3. The number of sulfonamides is 1. The van der Waals surface area contributed by atoms with Gasteiger partial charge in [-0.15, -0.1) is 0 Å². The van der Waals surface area contributed by atoms with Crippen molar-refractivity contribution < 1.29 is 18.3 Å². The molecule has 0 aliphatic rings. The van der Waals surface area contributed by atoms with Gasteiger partial charge in [0.15, 0.2) is 0 Å². The van der Waals surface area contributed by atoms with Crippen LogP contribution in [0.2, 0.25) is 5.02 Å². The van der Waals surface area contributed by atoms with Crippen molar-refractivity contribution in [2.45, 2.75) is 11.8 Å². The van der Waals surface area contributed by atoms with Crippen molar-refractivity contribution in [2.75, 3.05) is 11.8 Å². The van der Waals surface area contributed by atoms with Crippen LogP contribution in [0.1, 0.15) is 5.56 Å². The summed E-state index contributed by atoms with van der Waals surface area (Å²) in [5.41, 5.74) is 1.02. The molecule has 0 heterocycles. The van der Waals surface area contributed by atoms with Crippen LogP contribution in [0.15, 0.2) is 41.3 Å². The van der Waals surface area contributed by atoms with Crippen LogP contribution in [0.4, 0.5) is 5.69 Å². The molecule has 0 fully saturated rings. The lowest BCUT2D eigenvalue weighted by Crippen LogP contribution is -2.13. The Kier molecular flexibility index (Phi) is 4.29. The summed E-state index contributed by atoms with van der Waals surface area (Å²) in [6.07, 6.45) is 0. The lowest BCUT2D eigenvalue weighted by molar-refractivity contribution is 0.417. The molecule has 112 valence electrons. The maximum absolute atomic E-state index is 12.3. The van der Waals surface area contributed by atoms with Crippen molar-refractivity contribution in [3.8, 4) is 11.5 Å². The van der Waals surface area contributed by atoms with Crippen molar-refractivity contribution >= 4 is 27.3 Å². The Morgan fingerprint density at radius 1 is 1.19 bits per heavy atom.